The molecule has 1 aromatic rings. The zero-order chi connectivity index (χ0) is 16.3. The van der Waals surface area contributed by atoms with Crippen molar-refractivity contribution in [1.82, 2.24) is 9.03 Å². The fourth-order valence-corrected chi connectivity index (χ4v) is 5.14. The minimum Gasteiger partial charge on any atom is -0.367 e. The second-order valence-corrected chi connectivity index (χ2v) is 8.41. The van der Waals surface area contributed by atoms with E-state index in [4.69, 9.17) is 0 Å². The standard InChI is InChI=1S/C17H27N3O2S/c1-15-13-16(14-20(15)17-9-5-4-6-10-17)18-23(21,22)19-11-7-2-3-8-12-19/h4-6,9-10,15-16,18H,2-3,7-8,11-14H2,1H3/t15-,16+/m0/s1. The van der Waals surface area contributed by atoms with Gasteiger partial charge in [0.05, 0.1) is 0 Å². The first-order valence-electron chi connectivity index (χ1n) is 8.65. The predicted octanol–water partition coefficient (Wildman–Crippen LogP) is 2.36. The van der Waals surface area contributed by atoms with Crippen LogP contribution in [-0.2, 0) is 10.2 Å². The van der Waals surface area contributed by atoms with Gasteiger partial charge in [-0.2, -0.15) is 17.4 Å². The van der Waals surface area contributed by atoms with E-state index in [0.29, 0.717) is 19.1 Å². The van der Waals surface area contributed by atoms with Gasteiger partial charge >= 0.3 is 0 Å². The molecule has 0 saturated carbocycles. The van der Waals surface area contributed by atoms with Crippen molar-refractivity contribution in [3.8, 4) is 0 Å². The summed E-state index contributed by atoms with van der Waals surface area (Å²) in [6, 6.07) is 10.6. The van der Waals surface area contributed by atoms with E-state index >= 15 is 0 Å². The molecule has 6 heteroatoms. The summed E-state index contributed by atoms with van der Waals surface area (Å²) >= 11 is 0. The maximum Gasteiger partial charge on any atom is 0.279 e. The quantitative estimate of drug-likeness (QED) is 0.918. The van der Waals surface area contributed by atoms with Crippen LogP contribution in [0.2, 0.25) is 0 Å². The Bertz CT molecular complexity index is 598. The first-order chi connectivity index (χ1) is 11.1. The molecule has 1 N–H and O–H groups in total. The second-order valence-electron chi connectivity index (χ2n) is 6.71. The summed E-state index contributed by atoms with van der Waals surface area (Å²) in [5.41, 5.74) is 1.16. The van der Waals surface area contributed by atoms with E-state index < -0.39 is 10.2 Å². The van der Waals surface area contributed by atoms with Gasteiger partial charge in [0.1, 0.15) is 0 Å². The zero-order valence-electron chi connectivity index (χ0n) is 13.8. The van der Waals surface area contributed by atoms with Crippen LogP contribution in [-0.4, -0.2) is 44.4 Å². The van der Waals surface area contributed by atoms with Crippen LogP contribution in [0.25, 0.3) is 0 Å². The topological polar surface area (TPSA) is 52.7 Å². The monoisotopic (exact) mass is 337 g/mol. The SMILES string of the molecule is C[C@H]1C[C@@H](NS(=O)(=O)N2CCCCCC2)CN1c1ccccc1. The lowest BCUT2D eigenvalue weighted by Crippen LogP contribution is -2.46. The van der Waals surface area contributed by atoms with Crippen molar-refractivity contribution >= 4 is 15.9 Å². The van der Waals surface area contributed by atoms with Crippen LogP contribution in [0, 0.1) is 0 Å². The maximum atomic E-state index is 12.6. The van der Waals surface area contributed by atoms with Crippen LogP contribution in [0.3, 0.4) is 0 Å². The van der Waals surface area contributed by atoms with Gasteiger partial charge in [0.2, 0.25) is 0 Å². The van der Waals surface area contributed by atoms with Crippen LogP contribution in [0.4, 0.5) is 5.69 Å². The lowest BCUT2D eigenvalue weighted by Gasteiger charge is -2.24. The summed E-state index contributed by atoms with van der Waals surface area (Å²) in [5, 5.41) is 0. The van der Waals surface area contributed by atoms with Crippen LogP contribution < -0.4 is 9.62 Å². The molecule has 0 aromatic heterocycles. The van der Waals surface area contributed by atoms with E-state index in [1.54, 1.807) is 4.31 Å². The molecule has 2 aliphatic rings. The highest BCUT2D eigenvalue weighted by atomic mass is 32.2. The van der Waals surface area contributed by atoms with Crippen LogP contribution >= 0.6 is 0 Å². The number of nitrogens with one attached hydrogen (secondary N) is 1. The Morgan fingerprint density at radius 1 is 1.04 bits per heavy atom. The average molecular weight is 337 g/mol. The van der Waals surface area contributed by atoms with E-state index in [9.17, 15) is 8.42 Å². The summed E-state index contributed by atoms with van der Waals surface area (Å²) in [4.78, 5) is 2.29. The van der Waals surface area contributed by atoms with Gasteiger partial charge in [0, 0.05) is 37.4 Å². The molecule has 0 amide bonds. The molecule has 2 atom stereocenters. The van der Waals surface area contributed by atoms with Crippen LogP contribution in [0.15, 0.2) is 30.3 Å². The third-order valence-corrected chi connectivity index (χ3v) is 6.56. The smallest absolute Gasteiger partial charge is 0.279 e. The molecule has 2 fully saturated rings. The number of hydrogen-bond acceptors (Lipinski definition) is 3. The van der Waals surface area contributed by atoms with Gasteiger partial charge in [0.25, 0.3) is 10.2 Å². The molecular formula is C17H27N3O2S. The first kappa shape index (κ1) is 16.7. The molecule has 0 spiro atoms. The van der Waals surface area contributed by atoms with E-state index in [1.165, 1.54) is 0 Å². The van der Waals surface area contributed by atoms with Crippen molar-refractivity contribution in [2.24, 2.45) is 0 Å². The Morgan fingerprint density at radius 3 is 2.35 bits per heavy atom. The van der Waals surface area contributed by atoms with Crippen molar-refractivity contribution in [1.29, 1.82) is 0 Å². The Morgan fingerprint density at radius 2 is 1.70 bits per heavy atom. The number of hydrogen-bond donors (Lipinski definition) is 1. The number of benzene rings is 1. The normalized spacial score (nSPS) is 27.1. The molecule has 23 heavy (non-hydrogen) atoms. The Hall–Kier alpha value is -1.11. The molecule has 3 rings (SSSR count). The van der Waals surface area contributed by atoms with E-state index in [0.717, 1.165) is 44.3 Å². The van der Waals surface area contributed by atoms with Crippen molar-refractivity contribution < 1.29 is 8.42 Å². The molecule has 2 heterocycles. The lowest BCUT2D eigenvalue weighted by atomic mass is 10.2. The molecular weight excluding hydrogens is 310 g/mol. The molecule has 2 saturated heterocycles. The lowest BCUT2D eigenvalue weighted by molar-refractivity contribution is 0.408. The summed E-state index contributed by atoms with van der Waals surface area (Å²) < 4.78 is 29.9. The van der Waals surface area contributed by atoms with E-state index in [1.807, 2.05) is 18.2 Å². The summed E-state index contributed by atoms with van der Waals surface area (Å²) in [5.74, 6) is 0. The van der Waals surface area contributed by atoms with Crippen molar-refractivity contribution in [2.45, 2.75) is 51.1 Å². The number of rotatable bonds is 4. The second kappa shape index (κ2) is 7.20. The minimum atomic E-state index is -3.36. The predicted molar refractivity (Wildman–Crippen MR) is 93.8 cm³/mol. The minimum absolute atomic E-state index is 0.0153. The summed E-state index contributed by atoms with van der Waals surface area (Å²) in [7, 11) is -3.36. The fourth-order valence-electron chi connectivity index (χ4n) is 3.66. The Balaban J connectivity index is 1.64. The Kier molecular flexibility index (Phi) is 5.24. The third-order valence-electron chi connectivity index (χ3n) is 4.88. The zero-order valence-corrected chi connectivity index (χ0v) is 14.6. The highest BCUT2D eigenvalue weighted by Crippen LogP contribution is 2.26. The van der Waals surface area contributed by atoms with Gasteiger partial charge in [0.15, 0.2) is 0 Å². The summed E-state index contributed by atoms with van der Waals surface area (Å²) in [6.45, 7) is 4.20. The largest absolute Gasteiger partial charge is 0.367 e. The molecule has 0 bridgehead atoms. The average Bonchev–Trinajstić information content (AvgIpc) is 2.75. The van der Waals surface area contributed by atoms with Gasteiger partial charge in [-0.25, -0.2) is 0 Å². The number of anilines is 1. The highest BCUT2D eigenvalue weighted by molar-refractivity contribution is 7.87. The van der Waals surface area contributed by atoms with Crippen LogP contribution in [0.1, 0.15) is 39.0 Å². The van der Waals surface area contributed by atoms with Gasteiger partial charge in [-0.05, 0) is 38.3 Å². The van der Waals surface area contributed by atoms with Gasteiger partial charge in [-0.1, -0.05) is 31.0 Å². The van der Waals surface area contributed by atoms with Gasteiger partial charge in [-0.15, -0.1) is 0 Å². The maximum absolute atomic E-state index is 12.6. The van der Waals surface area contributed by atoms with Gasteiger partial charge < -0.3 is 4.90 Å². The molecule has 0 radical (unpaired) electrons. The highest BCUT2D eigenvalue weighted by Gasteiger charge is 2.33. The fraction of sp³-hybridized carbons (Fsp3) is 0.647. The molecule has 2 aliphatic heterocycles. The Labute approximate surface area is 139 Å². The first-order valence-corrected chi connectivity index (χ1v) is 10.1. The summed E-state index contributed by atoms with van der Waals surface area (Å²) in [6.07, 6.45) is 5.06. The van der Waals surface area contributed by atoms with Gasteiger partial charge in [-0.3, -0.25) is 0 Å². The van der Waals surface area contributed by atoms with Crippen molar-refractivity contribution in [2.75, 3.05) is 24.5 Å². The molecule has 1 aromatic carbocycles. The number of para-hydroxylation sites is 1. The molecule has 5 nitrogen and oxygen atoms in total. The number of nitrogens with zero attached hydrogens (tertiary/aromatic N) is 2. The van der Waals surface area contributed by atoms with E-state index in [-0.39, 0.29) is 6.04 Å². The van der Waals surface area contributed by atoms with Crippen molar-refractivity contribution in [3.05, 3.63) is 30.3 Å². The van der Waals surface area contributed by atoms with Crippen LogP contribution in [0.5, 0.6) is 0 Å². The molecule has 0 aliphatic carbocycles. The van der Waals surface area contributed by atoms with Crippen molar-refractivity contribution in [3.63, 3.8) is 0 Å². The molecule has 0 unspecified atom stereocenters. The third kappa shape index (κ3) is 4.05. The molecule has 128 valence electrons. The van der Waals surface area contributed by atoms with E-state index in [2.05, 4.69) is 28.7 Å².